The van der Waals surface area contributed by atoms with Crippen LogP contribution in [0.1, 0.15) is 5.56 Å². The maximum atomic E-state index is 5.50. The van der Waals surface area contributed by atoms with Gasteiger partial charge in [0.25, 0.3) is 10.7 Å². The van der Waals surface area contributed by atoms with Gasteiger partial charge in [0.2, 0.25) is 0 Å². The summed E-state index contributed by atoms with van der Waals surface area (Å²) in [6, 6.07) is 19.8. The fraction of sp³-hybridized carbons (Fsp3) is 0.105. The number of methoxy groups -OCH3 is 1. The lowest BCUT2D eigenvalue weighted by atomic mass is 10.1. The van der Waals surface area contributed by atoms with Crippen LogP contribution in [0.5, 0.6) is 5.75 Å². The lowest BCUT2D eigenvalue weighted by molar-refractivity contribution is 0.415. The lowest BCUT2D eigenvalue weighted by Crippen LogP contribution is -2.04. The van der Waals surface area contributed by atoms with E-state index in [9.17, 15) is 0 Å². The number of rotatable bonds is 5. The highest BCUT2D eigenvalue weighted by molar-refractivity contribution is 7.71. The van der Waals surface area contributed by atoms with Crippen LogP contribution in [-0.2, 0) is 6.54 Å². The summed E-state index contributed by atoms with van der Waals surface area (Å²) in [5.41, 5.74) is 3.69. The first-order valence-electron chi connectivity index (χ1n) is 8.05. The highest BCUT2D eigenvalue weighted by Gasteiger charge is 2.16. The zero-order valence-electron chi connectivity index (χ0n) is 14.0. The van der Waals surface area contributed by atoms with Crippen LogP contribution in [0.2, 0.25) is 0 Å². The number of aromatic nitrogens is 4. The van der Waals surface area contributed by atoms with Crippen LogP contribution >= 0.6 is 12.2 Å². The molecule has 0 spiro atoms. The van der Waals surface area contributed by atoms with Crippen LogP contribution < -0.4 is 4.74 Å². The molecule has 4 rings (SSSR count). The zero-order chi connectivity index (χ0) is 17.9. The van der Waals surface area contributed by atoms with Crippen LogP contribution in [-0.4, -0.2) is 27.1 Å². The largest absolute Gasteiger partial charge is 0.497 e. The van der Waals surface area contributed by atoms with Gasteiger partial charge in [-0.25, -0.2) is 5.10 Å². The molecule has 4 aromatic rings. The Morgan fingerprint density at radius 2 is 1.88 bits per heavy atom. The Hall–Kier alpha value is -3.19. The van der Waals surface area contributed by atoms with Crippen molar-refractivity contribution in [1.82, 2.24) is 20.0 Å². The number of aromatic amines is 1. The van der Waals surface area contributed by atoms with Crippen LogP contribution in [0.15, 0.2) is 65.1 Å². The molecule has 2 heterocycles. The Kier molecular flexibility index (Phi) is 4.37. The van der Waals surface area contributed by atoms with Gasteiger partial charge in [0.1, 0.15) is 11.4 Å². The second-order valence-electron chi connectivity index (χ2n) is 5.70. The van der Waals surface area contributed by atoms with Crippen molar-refractivity contribution in [3.05, 3.63) is 71.1 Å². The van der Waals surface area contributed by atoms with E-state index in [0.29, 0.717) is 12.4 Å². The summed E-state index contributed by atoms with van der Waals surface area (Å²) < 4.78 is 12.6. The monoisotopic (exact) mass is 364 g/mol. The molecule has 0 fully saturated rings. The van der Waals surface area contributed by atoms with Crippen molar-refractivity contribution in [1.29, 1.82) is 0 Å². The Balaban J connectivity index is 1.77. The second kappa shape index (κ2) is 6.97. The van der Waals surface area contributed by atoms with Crippen LogP contribution in [0, 0.1) is 4.84 Å². The summed E-state index contributed by atoms with van der Waals surface area (Å²) in [5.74, 6) is 1.22. The molecule has 0 aliphatic heterocycles. The molecule has 0 aliphatic rings. The smallest absolute Gasteiger partial charge is 0.284 e. The first-order valence-corrected chi connectivity index (χ1v) is 8.46. The third-order valence-electron chi connectivity index (χ3n) is 4.00. The summed E-state index contributed by atoms with van der Waals surface area (Å²) in [6.07, 6.45) is 0. The molecule has 0 unspecified atom stereocenters. The predicted octanol–water partition coefficient (Wildman–Crippen LogP) is 4.32. The van der Waals surface area contributed by atoms with Crippen LogP contribution in [0.4, 0.5) is 0 Å². The Bertz CT molecular complexity index is 1060. The van der Waals surface area contributed by atoms with Gasteiger partial charge < -0.3 is 9.15 Å². The SMILES string of the molecule is COc1ccc(-c2cc(-c3n[nH]c(=S)o3)n(Cc3ccccc3)n2)cc1. The molecule has 26 heavy (non-hydrogen) atoms. The van der Waals surface area contributed by atoms with Gasteiger partial charge in [0.05, 0.1) is 19.3 Å². The van der Waals surface area contributed by atoms with Gasteiger partial charge in [-0.3, -0.25) is 4.68 Å². The van der Waals surface area contributed by atoms with Crippen molar-refractivity contribution in [2.45, 2.75) is 6.54 Å². The van der Waals surface area contributed by atoms with E-state index in [4.69, 9.17) is 26.5 Å². The highest BCUT2D eigenvalue weighted by Crippen LogP contribution is 2.27. The van der Waals surface area contributed by atoms with Gasteiger partial charge in [-0.1, -0.05) is 30.3 Å². The van der Waals surface area contributed by atoms with Crippen molar-refractivity contribution in [3.8, 4) is 28.6 Å². The summed E-state index contributed by atoms with van der Waals surface area (Å²) >= 11 is 5.01. The topological polar surface area (TPSA) is 68.9 Å². The van der Waals surface area contributed by atoms with Gasteiger partial charge >= 0.3 is 0 Å². The molecule has 7 heteroatoms. The van der Waals surface area contributed by atoms with E-state index in [1.807, 2.05) is 53.2 Å². The average Bonchev–Trinajstić information content (AvgIpc) is 3.29. The van der Waals surface area contributed by atoms with Crippen molar-refractivity contribution < 1.29 is 9.15 Å². The normalized spacial score (nSPS) is 10.8. The van der Waals surface area contributed by atoms with E-state index in [0.717, 1.165) is 28.3 Å². The molecule has 0 atom stereocenters. The summed E-state index contributed by atoms with van der Waals surface area (Å²) in [4.78, 5) is 0.235. The molecule has 0 saturated carbocycles. The first-order chi connectivity index (χ1) is 12.7. The van der Waals surface area contributed by atoms with E-state index in [1.165, 1.54) is 0 Å². The van der Waals surface area contributed by atoms with Gasteiger partial charge in [0, 0.05) is 5.56 Å². The van der Waals surface area contributed by atoms with Crippen LogP contribution in [0.25, 0.3) is 22.8 Å². The minimum Gasteiger partial charge on any atom is -0.497 e. The van der Waals surface area contributed by atoms with E-state index < -0.39 is 0 Å². The molecular formula is C19H16N4O2S. The van der Waals surface area contributed by atoms with E-state index in [-0.39, 0.29) is 4.84 Å². The highest BCUT2D eigenvalue weighted by atomic mass is 32.1. The van der Waals surface area contributed by atoms with Gasteiger partial charge in [-0.15, -0.1) is 5.10 Å². The lowest BCUT2D eigenvalue weighted by Gasteiger charge is -2.05. The average molecular weight is 364 g/mol. The number of nitrogens with one attached hydrogen (secondary N) is 1. The molecule has 2 aromatic heterocycles. The van der Waals surface area contributed by atoms with Gasteiger partial charge in [-0.2, -0.15) is 5.10 Å². The number of H-pyrrole nitrogens is 1. The molecule has 130 valence electrons. The Labute approximate surface area is 155 Å². The standard InChI is InChI=1S/C19H16N4O2S/c1-24-15-9-7-14(8-10-15)16-11-17(18-20-21-19(26)25-18)23(22-16)12-13-5-3-2-4-6-13/h2-11H,12H2,1H3,(H,21,26). The molecule has 0 saturated heterocycles. The third kappa shape index (κ3) is 3.29. The number of nitrogens with zero attached hydrogens (tertiary/aromatic N) is 3. The number of hydrogen-bond acceptors (Lipinski definition) is 5. The molecule has 1 N–H and O–H groups in total. The summed E-state index contributed by atoms with van der Waals surface area (Å²) in [5, 5.41) is 11.6. The first kappa shape index (κ1) is 16.3. The fourth-order valence-corrected chi connectivity index (χ4v) is 2.83. The Morgan fingerprint density at radius 3 is 2.54 bits per heavy atom. The molecule has 0 radical (unpaired) electrons. The molecule has 0 aliphatic carbocycles. The number of ether oxygens (including phenoxy) is 1. The molecule has 6 nitrogen and oxygen atoms in total. The predicted molar refractivity (Wildman–Crippen MR) is 100 cm³/mol. The number of hydrogen-bond donors (Lipinski definition) is 1. The molecule has 2 aromatic carbocycles. The maximum absolute atomic E-state index is 5.50. The third-order valence-corrected chi connectivity index (χ3v) is 4.17. The quantitative estimate of drug-likeness (QED) is 0.534. The van der Waals surface area contributed by atoms with Gasteiger partial charge in [-0.05, 0) is 48.1 Å². The van der Waals surface area contributed by atoms with Gasteiger partial charge in [0.15, 0.2) is 0 Å². The fourth-order valence-electron chi connectivity index (χ4n) is 2.71. The van der Waals surface area contributed by atoms with E-state index in [1.54, 1.807) is 7.11 Å². The van der Waals surface area contributed by atoms with Crippen LogP contribution in [0.3, 0.4) is 0 Å². The number of benzene rings is 2. The van der Waals surface area contributed by atoms with E-state index >= 15 is 0 Å². The Morgan fingerprint density at radius 1 is 1.12 bits per heavy atom. The second-order valence-corrected chi connectivity index (χ2v) is 6.08. The van der Waals surface area contributed by atoms with Crippen molar-refractivity contribution >= 4 is 12.2 Å². The molecule has 0 amide bonds. The van der Waals surface area contributed by atoms with Crippen molar-refractivity contribution in [2.24, 2.45) is 0 Å². The maximum Gasteiger partial charge on any atom is 0.284 e. The van der Waals surface area contributed by atoms with Crippen molar-refractivity contribution in [2.75, 3.05) is 7.11 Å². The van der Waals surface area contributed by atoms with E-state index in [2.05, 4.69) is 22.3 Å². The summed E-state index contributed by atoms with van der Waals surface area (Å²) in [6.45, 7) is 0.599. The minimum atomic E-state index is 0.235. The zero-order valence-corrected chi connectivity index (χ0v) is 14.9. The summed E-state index contributed by atoms with van der Waals surface area (Å²) in [7, 11) is 1.65. The molecular weight excluding hydrogens is 348 g/mol. The minimum absolute atomic E-state index is 0.235. The molecule has 0 bridgehead atoms. The van der Waals surface area contributed by atoms with Crippen molar-refractivity contribution in [3.63, 3.8) is 0 Å².